The number of hydrogen-bond acceptors (Lipinski definition) is 3. The zero-order chi connectivity index (χ0) is 9.31. The van der Waals surface area contributed by atoms with Gasteiger partial charge in [-0.05, 0) is 26.2 Å². The molecule has 1 unspecified atom stereocenters. The Morgan fingerprint density at radius 1 is 1.54 bits per heavy atom. The molecule has 0 spiro atoms. The monoisotopic (exact) mass is 184 g/mol. The molecule has 2 N–H and O–H groups in total. The Labute approximate surface area is 80.2 Å². The fourth-order valence-corrected chi connectivity index (χ4v) is 2.33. The van der Waals surface area contributed by atoms with Crippen LogP contribution in [0.25, 0.3) is 0 Å². The first-order chi connectivity index (χ1) is 6.16. The Morgan fingerprint density at radius 2 is 2.31 bits per heavy atom. The van der Waals surface area contributed by atoms with Crippen molar-refractivity contribution in [1.29, 1.82) is 0 Å². The lowest BCUT2D eigenvalue weighted by Crippen LogP contribution is -2.65. The number of rotatable bonds is 3. The molecule has 2 aliphatic heterocycles. The smallest absolute Gasteiger partial charge is 0.0588 e. The van der Waals surface area contributed by atoms with Gasteiger partial charge in [-0.2, -0.15) is 0 Å². The molecule has 0 bridgehead atoms. The second-order valence-corrected chi connectivity index (χ2v) is 4.79. The normalized spacial score (nSPS) is 33.2. The lowest BCUT2D eigenvalue weighted by molar-refractivity contribution is 0.0494. The molecule has 1 atom stereocenters. The fraction of sp³-hybridized carbons (Fsp3) is 1.00. The van der Waals surface area contributed by atoms with Gasteiger partial charge < -0.3 is 10.5 Å². The van der Waals surface area contributed by atoms with E-state index in [1.807, 2.05) is 0 Å². The fourth-order valence-electron chi connectivity index (χ4n) is 2.33. The van der Waals surface area contributed by atoms with Crippen LogP contribution in [0.5, 0.6) is 0 Å². The molecule has 0 radical (unpaired) electrons. The summed E-state index contributed by atoms with van der Waals surface area (Å²) < 4.78 is 5.57. The molecule has 3 nitrogen and oxygen atoms in total. The summed E-state index contributed by atoms with van der Waals surface area (Å²) in [6.45, 7) is 6.37. The molecule has 0 aromatic rings. The van der Waals surface area contributed by atoms with Crippen molar-refractivity contribution < 1.29 is 4.74 Å². The van der Waals surface area contributed by atoms with Crippen LogP contribution in [-0.4, -0.2) is 42.8 Å². The number of nitrogens with two attached hydrogens (primary N) is 1. The molecule has 0 amide bonds. The molecule has 0 saturated carbocycles. The second kappa shape index (κ2) is 3.56. The Kier molecular flexibility index (Phi) is 2.58. The molecule has 3 heteroatoms. The Hall–Kier alpha value is -0.120. The Balaban J connectivity index is 1.59. The van der Waals surface area contributed by atoms with E-state index in [4.69, 9.17) is 10.5 Å². The minimum Gasteiger partial charge on any atom is -0.378 e. The van der Waals surface area contributed by atoms with Crippen molar-refractivity contribution in [3.05, 3.63) is 0 Å². The first kappa shape index (κ1) is 9.44. The standard InChI is InChI=1S/C10H20N2O/c1-10(11)7-12(8-10)5-4-9-3-2-6-13-9/h9H,2-8,11H2,1H3. The SMILES string of the molecule is CC1(N)CN(CCC2CCCO2)C1. The highest BCUT2D eigenvalue weighted by molar-refractivity contribution is 4.95. The third kappa shape index (κ3) is 2.42. The Morgan fingerprint density at radius 3 is 2.85 bits per heavy atom. The number of likely N-dealkylation sites (tertiary alicyclic amines) is 1. The van der Waals surface area contributed by atoms with Crippen LogP contribution in [0.1, 0.15) is 26.2 Å². The zero-order valence-electron chi connectivity index (χ0n) is 8.46. The van der Waals surface area contributed by atoms with Crippen LogP contribution in [0.2, 0.25) is 0 Å². The van der Waals surface area contributed by atoms with Gasteiger partial charge in [0.05, 0.1) is 6.10 Å². The predicted molar refractivity (Wildman–Crippen MR) is 52.6 cm³/mol. The van der Waals surface area contributed by atoms with Gasteiger partial charge in [0.15, 0.2) is 0 Å². The van der Waals surface area contributed by atoms with E-state index in [0.717, 1.165) is 26.2 Å². The van der Waals surface area contributed by atoms with E-state index in [9.17, 15) is 0 Å². The van der Waals surface area contributed by atoms with Crippen molar-refractivity contribution in [1.82, 2.24) is 4.90 Å². The molecule has 2 heterocycles. The summed E-state index contributed by atoms with van der Waals surface area (Å²) in [5.74, 6) is 0. The molecule has 2 fully saturated rings. The average molecular weight is 184 g/mol. The van der Waals surface area contributed by atoms with Gasteiger partial charge in [-0.1, -0.05) is 0 Å². The maximum absolute atomic E-state index is 5.92. The summed E-state index contributed by atoms with van der Waals surface area (Å²) in [7, 11) is 0. The topological polar surface area (TPSA) is 38.5 Å². The highest BCUT2D eigenvalue weighted by Crippen LogP contribution is 2.20. The Bertz CT molecular complexity index is 168. The largest absolute Gasteiger partial charge is 0.378 e. The van der Waals surface area contributed by atoms with Crippen LogP contribution in [0.15, 0.2) is 0 Å². The van der Waals surface area contributed by atoms with Crippen LogP contribution >= 0.6 is 0 Å². The summed E-state index contributed by atoms with van der Waals surface area (Å²) in [5, 5.41) is 0. The van der Waals surface area contributed by atoms with Gasteiger partial charge in [-0.15, -0.1) is 0 Å². The average Bonchev–Trinajstić information content (AvgIpc) is 2.48. The van der Waals surface area contributed by atoms with Gasteiger partial charge in [-0.25, -0.2) is 0 Å². The van der Waals surface area contributed by atoms with Crippen LogP contribution in [0.3, 0.4) is 0 Å². The van der Waals surface area contributed by atoms with Crippen molar-refractivity contribution >= 4 is 0 Å². The quantitative estimate of drug-likeness (QED) is 0.697. The van der Waals surface area contributed by atoms with E-state index in [1.165, 1.54) is 19.3 Å². The maximum atomic E-state index is 5.92. The molecule has 2 saturated heterocycles. The van der Waals surface area contributed by atoms with Crippen LogP contribution in [-0.2, 0) is 4.74 Å². The van der Waals surface area contributed by atoms with E-state index >= 15 is 0 Å². The van der Waals surface area contributed by atoms with Gasteiger partial charge >= 0.3 is 0 Å². The van der Waals surface area contributed by atoms with E-state index < -0.39 is 0 Å². The first-order valence-electron chi connectivity index (χ1n) is 5.29. The lowest BCUT2D eigenvalue weighted by atomic mass is 9.93. The molecule has 0 aromatic heterocycles. The summed E-state index contributed by atoms with van der Waals surface area (Å²) in [5.41, 5.74) is 6.00. The predicted octanol–water partition coefficient (Wildman–Crippen LogP) is 0.588. The maximum Gasteiger partial charge on any atom is 0.0588 e. The third-order valence-electron chi connectivity index (χ3n) is 2.96. The van der Waals surface area contributed by atoms with Gasteiger partial charge in [-0.3, -0.25) is 4.90 Å². The highest BCUT2D eigenvalue weighted by Gasteiger charge is 2.34. The van der Waals surface area contributed by atoms with E-state index in [2.05, 4.69) is 11.8 Å². The van der Waals surface area contributed by atoms with Crippen LogP contribution in [0.4, 0.5) is 0 Å². The van der Waals surface area contributed by atoms with Gasteiger partial charge in [0.2, 0.25) is 0 Å². The summed E-state index contributed by atoms with van der Waals surface area (Å²) in [4.78, 5) is 2.42. The molecule has 0 aliphatic carbocycles. The molecular formula is C10H20N2O. The minimum atomic E-state index is 0.0799. The van der Waals surface area contributed by atoms with Crippen molar-refractivity contribution in [2.75, 3.05) is 26.2 Å². The van der Waals surface area contributed by atoms with Gasteiger partial charge in [0.25, 0.3) is 0 Å². The second-order valence-electron chi connectivity index (χ2n) is 4.79. The van der Waals surface area contributed by atoms with E-state index in [-0.39, 0.29) is 5.54 Å². The lowest BCUT2D eigenvalue weighted by Gasteiger charge is -2.45. The molecule has 0 aromatic carbocycles. The minimum absolute atomic E-state index is 0.0799. The van der Waals surface area contributed by atoms with Gasteiger partial charge in [0.1, 0.15) is 0 Å². The molecule has 2 rings (SSSR count). The molecule has 13 heavy (non-hydrogen) atoms. The zero-order valence-corrected chi connectivity index (χ0v) is 8.46. The van der Waals surface area contributed by atoms with Crippen molar-refractivity contribution in [2.24, 2.45) is 5.73 Å². The van der Waals surface area contributed by atoms with E-state index in [0.29, 0.717) is 6.10 Å². The first-order valence-corrected chi connectivity index (χ1v) is 5.29. The number of hydrogen-bond donors (Lipinski definition) is 1. The van der Waals surface area contributed by atoms with Crippen LogP contribution in [0, 0.1) is 0 Å². The summed E-state index contributed by atoms with van der Waals surface area (Å²) in [6, 6.07) is 0. The molecule has 76 valence electrons. The number of nitrogens with zero attached hydrogens (tertiary/aromatic N) is 1. The number of ether oxygens (including phenoxy) is 1. The van der Waals surface area contributed by atoms with Gasteiger partial charge in [0, 0.05) is 31.8 Å². The summed E-state index contributed by atoms with van der Waals surface area (Å²) >= 11 is 0. The third-order valence-corrected chi connectivity index (χ3v) is 2.96. The van der Waals surface area contributed by atoms with Crippen molar-refractivity contribution in [3.63, 3.8) is 0 Å². The van der Waals surface area contributed by atoms with Crippen LogP contribution < -0.4 is 5.73 Å². The van der Waals surface area contributed by atoms with Crippen molar-refractivity contribution in [2.45, 2.75) is 37.8 Å². The van der Waals surface area contributed by atoms with Crippen molar-refractivity contribution in [3.8, 4) is 0 Å². The van der Waals surface area contributed by atoms with E-state index in [1.54, 1.807) is 0 Å². The molecular weight excluding hydrogens is 164 g/mol. The molecule has 2 aliphatic rings. The summed E-state index contributed by atoms with van der Waals surface area (Å²) in [6.07, 6.45) is 4.23. The highest BCUT2D eigenvalue weighted by atomic mass is 16.5.